The van der Waals surface area contributed by atoms with Crippen LogP contribution >= 0.6 is 24.8 Å². The molecule has 0 bridgehead atoms. The fourth-order valence-electron chi connectivity index (χ4n) is 4.18. The van der Waals surface area contributed by atoms with Gasteiger partial charge in [-0.15, -0.1) is 29.9 Å². The highest BCUT2D eigenvalue weighted by Crippen LogP contribution is 2.26. The molecule has 174 valence electrons. The molecular weight excluding hydrogens is 447 g/mol. The number of halogens is 2. The molecule has 0 saturated carbocycles. The molecule has 9 heteroatoms. The van der Waals surface area contributed by atoms with Crippen LogP contribution in [0, 0.1) is 0 Å². The lowest BCUT2D eigenvalue weighted by Crippen LogP contribution is -2.45. The van der Waals surface area contributed by atoms with Gasteiger partial charge in [0.2, 0.25) is 0 Å². The Morgan fingerprint density at radius 3 is 2.72 bits per heavy atom. The Morgan fingerprint density at radius 1 is 1.16 bits per heavy atom. The highest BCUT2D eigenvalue weighted by molar-refractivity contribution is 5.85. The Labute approximate surface area is 202 Å². The van der Waals surface area contributed by atoms with Gasteiger partial charge >= 0.3 is 0 Å². The SMILES string of the molecule is CCCc1nnnn1-c1ccc(OC)c(CN[C@H]2CCCN[C@H]2c2ccccc2)c1.Cl.Cl. The van der Waals surface area contributed by atoms with Crippen LogP contribution in [0.25, 0.3) is 5.69 Å². The second-order valence-corrected chi connectivity index (χ2v) is 7.73. The number of nitrogens with one attached hydrogen (secondary N) is 2. The van der Waals surface area contributed by atoms with Crippen molar-refractivity contribution in [3.8, 4) is 11.4 Å². The Morgan fingerprint density at radius 2 is 1.97 bits per heavy atom. The zero-order valence-corrected chi connectivity index (χ0v) is 20.2. The van der Waals surface area contributed by atoms with Gasteiger partial charge in [-0.25, -0.2) is 0 Å². The molecule has 4 rings (SSSR count). The first kappa shape index (κ1) is 26.1. The number of benzene rings is 2. The van der Waals surface area contributed by atoms with E-state index in [-0.39, 0.29) is 24.8 Å². The van der Waals surface area contributed by atoms with Crippen LogP contribution in [0.15, 0.2) is 48.5 Å². The van der Waals surface area contributed by atoms with Crippen LogP contribution in [0.2, 0.25) is 0 Å². The molecule has 2 atom stereocenters. The van der Waals surface area contributed by atoms with Gasteiger partial charge in [0.15, 0.2) is 5.82 Å². The zero-order valence-electron chi connectivity index (χ0n) is 18.5. The van der Waals surface area contributed by atoms with Gasteiger partial charge in [0.05, 0.1) is 12.8 Å². The van der Waals surface area contributed by atoms with Crippen molar-refractivity contribution in [2.75, 3.05) is 13.7 Å². The van der Waals surface area contributed by atoms with Crippen molar-refractivity contribution < 1.29 is 4.74 Å². The maximum atomic E-state index is 5.63. The molecule has 32 heavy (non-hydrogen) atoms. The Bertz CT molecular complexity index is 953. The number of nitrogens with zero attached hydrogens (tertiary/aromatic N) is 4. The summed E-state index contributed by atoms with van der Waals surface area (Å²) in [5, 5.41) is 19.7. The Balaban J connectivity index is 0.00000181. The molecule has 7 nitrogen and oxygen atoms in total. The molecule has 2 N–H and O–H groups in total. The van der Waals surface area contributed by atoms with Gasteiger partial charge in [-0.1, -0.05) is 37.3 Å². The van der Waals surface area contributed by atoms with Crippen molar-refractivity contribution in [2.45, 2.75) is 51.2 Å². The van der Waals surface area contributed by atoms with Crippen LogP contribution in [0.5, 0.6) is 5.75 Å². The lowest BCUT2D eigenvalue weighted by Gasteiger charge is -2.34. The van der Waals surface area contributed by atoms with Crippen LogP contribution in [0.4, 0.5) is 0 Å². The van der Waals surface area contributed by atoms with E-state index in [2.05, 4.69) is 69.5 Å². The summed E-state index contributed by atoms with van der Waals surface area (Å²) < 4.78 is 7.45. The molecule has 1 aromatic heterocycles. The number of hydrogen-bond donors (Lipinski definition) is 2. The standard InChI is InChI=1S/C23H30N6O.2ClH/c1-3-8-22-26-27-28-29(22)19-12-13-21(30-2)18(15-19)16-25-20-11-7-14-24-23(20)17-9-5-4-6-10-17;;/h4-6,9-10,12-13,15,20,23-25H,3,7-8,11,14,16H2,1-2H3;2*1H/t20-,23-;;/m0../s1. The zero-order chi connectivity index (χ0) is 20.8. The molecule has 1 fully saturated rings. The maximum Gasteiger partial charge on any atom is 0.156 e. The molecule has 1 aliphatic rings. The number of methoxy groups -OCH3 is 1. The highest BCUT2D eigenvalue weighted by atomic mass is 35.5. The van der Waals surface area contributed by atoms with Gasteiger partial charge in [-0.2, -0.15) is 4.68 Å². The molecule has 0 amide bonds. The quantitative estimate of drug-likeness (QED) is 0.508. The second kappa shape index (κ2) is 12.7. The normalized spacial score (nSPS) is 17.8. The summed E-state index contributed by atoms with van der Waals surface area (Å²) in [4.78, 5) is 0. The van der Waals surface area contributed by atoms with Crippen molar-refractivity contribution in [1.29, 1.82) is 0 Å². The summed E-state index contributed by atoms with van der Waals surface area (Å²) >= 11 is 0. The van der Waals surface area contributed by atoms with Crippen LogP contribution in [0.3, 0.4) is 0 Å². The van der Waals surface area contributed by atoms with E-state index in [9.17, 15) is 0 Å². The summed E-state index contributed by atoms with van der Waals surface area (Å²) in [6.45, 7) is 3.90. The lowest BCUT2D eigenvalue weighted by molar-refractivity contribution is 0.303. The number of piperidine rings is 1. The van der Waals surface area contributed by atoms with Gasteiger partial charge in [0, 0.05) is 30.6 Å². The average molecular weight is 479 g/mol. The minimum atomic E-state index is 0. The first-order valence-corrected chi connectivity index (χ1v) is 10.8. The van der Waals surface area contributed by atoms with Crippen LogP contribution in [-0.4, -0.2) is 39.9 Å². The lowest BCUT2D eigenvalue weighted by atomic mass is 9.92. The third kappa shape index (κ3) is 5.98. The molecule has 2 aromatic carbocycles. The van der Waals surface area contributed by atoms with E-state index in [0.29, 0.717) is 12.1 Å². The van der Waals surface area contributed by atoms with Crippen molar-refractivity contribution in [1.82, 2.24) is 30.8 Å². The largest absolute Gasteiger partial charge is 0.496 e. The van der Waals surface area contributed by atoms with Gasteiger partial charge < -0.3 is 15.4 Å². The summed E-state index contributed by atoms with van der Waals surface area (Å²) in [7, 11) is 1.72. The van der Waals surface area contributed by atoms with Crippen molar-refractivity contribution in [2.24, 2.45) is 0 Å². The van der Waals surface area contributed by atoms with Gasteiger partial charge in [-0.3, -0.25) is 0 Å². The fraction of sp³-hybridized carbons (Fsp3) is 0.435. The third-order valence-electron chi connectivity index (χ3n) is 5.69. The third-order valence-corrected chi connectivity index (χ3v) is 5.69. The molecule has 2 heterocycles. The van der Waals surface area contributed by atoms with Gasteiger partial charge in [-0.05, 0) is 60.0 Å². The Hall–Kier alpha value is -2.19. The van der Waals surface area contributed by atoms with Crippen LogP contribution in [-0.2, 0) is 13.0 Å². The minimum absolute atomic E-state index is 0. The molecule has 0 aliphatic carbocycles. The number of hydrogen-bond acceptors (Lipinski definition) is 6. The van der Waals surface area contributed by atoms with Crippen molar-refractivity contribution in [3.63, 3.8) is 0 Å². The van der Waals surface area contributed by atoms with Crippen LogP contribution < -0.4 is 15.4 Å². The second-order valence-electron chi connectivity index (χ2n) is 7.73. The van der Waals surface area contributed by atoms with Crippen LogP contribution in [0.1, 0.15) is 49.2 Å². The number of tetrazole rings is 1. The minimum Gasteiger partial charge on any atom is -0.496 e. The summed E-state index contributed by atoms with van der Waals surface area (Å²) in [6.07, 6.45) is 4.16. The highest BCUT2D eigenvalue weighted by Gasteiger charge is 2.25. The predicted molar refractivity (Wildman–Crippen MR) is 131 cm³/mol. The number of aromatic nitrogens is 4. The van der Waals surface area contributed by atoms with E-state index in [1.54, 1.807) is 7.11 Å². The first-order chi connectivity index (χ1) is 14.8. The van der Waals surface area contributed by atoms with Crippen molar-refractivity contribution >= 4 is 24.8 Å². The topological polar surface area (TPSA) is 76.9 Å². The monoisotopic (exact) mass is 478 g/mol. The number of rotatable bonds is 8. The van der Waals surface area contributed by atoms with E-state index in [4.69, 9.17) is 4.74 Å². The molecule has 0 unspecified atom stereocenters. The molecule has 1 saturated heterocycles. The van der Waals surface area contributed by atoms with Crippen molar-refractivity contribution in [3.05, 3.63) is 65.5 Å². The van der Waals surface area contributed by atoms with E-state index >= 15 is 0 Å². The number of ether oxygens (including phenoxy) is 1. The molecule has 0 radical (unpaired) electrons. The summed E-state index contributed by atoms with van der Waals surface area (Å²) in [5.74, 6) is 1.75. The van der Waals surface area contributed by atoms with E-state index in [1.165, 1.54) is 12.0 Å². The average Bonchev–Trinajstić information content (AvgIpc) is 3.27. The molecule has 3 aromatic rings. The smallest absolute Gasteiger partial charge is 0.156 e. The molecule has 0 spiro atoms. The summed E-state index contributed by atoms with van der Waals surface area (Å²) in [5.41, 5.74) is 3.39. The van der Waals surface area contributed by atoms with Gasteiger partial charge in [0.25, 0.3) is 0 Å². The van der Waals surface area contributed by atoms with E-state index in [1.807, 2.05) is 16.8 Å². The summed E-state index contributed by atoms with van der Waals surface area (Å²) in [6, 6.07) is 17.5. The number of aryl methyl sites for hydroxylation is 1. The van der Waals surface area contributed by atoms with Gasteiger partial charge in [0.1, 0.15) is 5.75 Å². The predicted octanol–water partition coefficient (Wildman–Crippen LogP) is 4.05. The van der Waals surface area contributed by atoms with E-state index < -0.39 is 0 Å². The fourth-order valence-corrected chi connectivity index (χ4v) is 4.18. The molecular formula is C23H32Cl2N6O. The van der Waals surface area contributed by atoms with E-state index in [0.717, 1.165) is 55.2 Å². The first-order valence-electron chi connectivity index (χ1n) is 10.8. The maximum absolute atomic E-state index is 5.63. The molecule has 1 aliphatic heterocycles. The Kier molecular flexibility index (Phi) is 10.4.